The first kappa shape index (κ1) is 21.2. The van der Waals surface area contributed by atoms with Crippen molar-refractivity contribution in [1.29, 1.82) is 5.41 Å². The van der Waals surface area contributed by atoms with Gasteiger partial charge in [-0.05, 0) is 31.0 Å². The number of nitrogens with one attached hydrogen (secondary N) is 4. The molecule has 1 amide bonds. The van der Waals surface area contributed by atoms with E-state index in [9.17, 15) is 9.90 Å². The molecular weight excluding hydrogens is 384 g/mol. The monoisotopic (exact) mass is 410 g/mol. The molecular formula is C20H26N8O2. The summed E-state index contributed by atoms with van der Waals surface area (Å²) in [5.74, 6) is 0.174. The lowest BCUT2D eigenvalue weighted by atomic mass is 9.85. The smallest absolute Gasteiger partial charge is 0.254 e. The molecule has 10 nitrogen and oxygen atoms in total. The van der Waals surface area contributed by atoms with E-state index in [1.54, 1.807) is 6.07 Å². The van der Waals surface area contributed by atoms with E-state index in [4.69, 9.17) is 11.1 Å². The maximum Gasteiger partial charge on any atom is 0.254 e. The second kappa shape index (κ2) is 10.3. The van der Waals surface area contributed by atoms with Gasteiger partial charge in [-0.15, -0.1) is 0 Å². The van der Waals surface area contributed by atoms with Crippen LogP contribution in [-0.2, 0) is 0 Å². The standard InChI is InChI=1S/C20H26N8O2/c21-8-9-24-28-15-6-3-5-14(10-15)25-19-16(18(22)30)11-23-20(27-19)26-17-7-2-1-4-13(17)12-29/h3,5-6,8-11,13,17,21,28-29H,1-2,4,7,12H2,(H2,22,30)(H2,23,25,26,27)/b21-8?,24-9-/t13-,17-/m1/s1. The Morgan fingerprint density at radius 2 is 2.13 bits per heavy atom. The van der Waals surface area contributed by atoms with Crippen LogP contribution in [0, 0.1) is 11.3 Å². The summed E-state index contributed by atoms with van der Waals surface area (Å²) in [5, 5.41) is 26.9. The molecule has 0 bridgehead atoms. The summed E-state index contributed by atoms with van der Waals surface area (Å²) in [5.41, 5.74) is 9.83. The number of benzene rings is 1. The molecule has 1 saturated carbocycles. The molecule has 158 valence electrons. The normalized spacial score (nSPS) is 18.7. The molecule has 1 aliphatic rings. The van der Waals surface area contributed by atoms with Gasteiger partial charge in [0.25, 0.3) is 5.91 Å². The SMILES string of the molecule is N=C/C=N\Nc1cccc(Nc2nc(N[C@@H]3CCCC[C@@H]3CO)ncc2C(N)=O)c1. The van der Waals surface area contributed by atoms with Gasteiger partial charge in [0.1, 0.15) is 11.4 Å². The number of aliphatic hydroxyl groups excluding tert-OH is 1. The van der Waals surface area contributed by atoms with Gasteiger partial charge < -0.3 is 26.9 Å². The predicted octanol–water partition coefficient (Wildman–Crippen LogP) is 2.33. The number of carbonyl (C=O) groups is 1. The number of nitrogens with zero attached hydrogens (tertiary/aromatic N) is 3. The Kier molecular flexibility index (Phi) is 7.28. The van der Waals surface area contributed by atoms with Crippen LogP contribution >= 0.6 is 0 Å². The van der Waals surface area contributed by atoms with E-state index in [0.29, 0.717) is 17.3 Å². The van der Waals surface area contributed by atoms with E-state index in [2.05, 4.69) is 31.1 Å². The second-order valence-electron chi connectivity index (χ2n) is 7.06. The molecule has 3 rings (SSSR count). The van der Waals surface area contributed by atoms with Crippen LogP contribution < -0.4 is 21.8 Å². The first-order valence-corrected chi connectivity index (χ1v) is 9.80. The zero-order valence-corrected chi connectivity index (χ0v) is 16.5. The number of anilines is 4. The highest BCUT2D eigenvalue weighted by Gasteiger charge is 2.25. The third-order valence-corrected chi connectivity index (χ3v) is 4.98. The largest absolute Gasteiger partial charge is 0.396 e. The van der Waals surface area contributed by atoms with Crippen LogP contribution in [0.1, 0.15) is 36.0 Å². The molecule has 10 heteroatoms. The summed E-state index contributed by atoms with van der Waals surface area (Å²) in [6.07, 6.45) is 7.85. The van der Waals surface area contributed by atoms with Crippen molar-refractivity contribution in [2.24, 2.45) is 16.8 Å². The fraction of sp³-hybridized carbons (Fsp3) is 0.350. The number of rotatable bonds is 9. The first-order chi connectivity index (χ1) is 14.6. The van der Waals surface area contributed by atoms with Crippen LogP contribution in [0.3, 0.4) is 0 Å². The third kappa shape index (κ3) is 5.51. The van der Waals surface area contributed by atoms with Gasteiger partial charge in [-0.2, -0.15) is 10.1 Å². The summed E-state index contributed by atoms with van der Waals surface area (Å²) >= 11 is 0. The Balaban J connectivity index is 1.81. The molecule has 2 atom stereocenters. The van der Waals surface area contributed by atoms with E-state index in [1.165, 1.54) is 12.4 Å². The van der Waals surface area contributed by atoms with Crippen molar-refractivity contribution in [2.45, 2.75) is 31.7 Å². The second-order valence-corrected chi connectivity index (χ2v) is 7.06. The van der Waals surface area contributed by atoms with E-state index in [-0.39, 0.29) is 29.9 Å². The van der Waals surface area contributed by atoms with Crippen LogP contribution in [0.15, 0.2) is 35.6 Å². The molecule has 0 aliphatic heterocycles. The average Bonchev–Trinajstić information content (AvgIpc) is 2.74. The summed E-state index contributed by atoms with van der Waals surface area (Å²) in [6.45, 7) is 0.113. The van der Waals surface area contributed by atoms with Crippen LogP contribution in [0.4, 0.5) is 23.1 Å². The van der Waals surface area contributed by atoms with Crippen molar-refractivity contribution in [3.8, 4) is 0 Å². The summed E-state index contributed by atoms with van der Waals surface area (Å²) in [6, 6.07) is 7.30. The number of hydrogen-bond acceptors (Lipinski definition) is 9. The third-order valence-electron chi connectivity index (χ3n) is 4.98. The average molecular weight is 410 g/mol. The van der Waals surface area contributed by atoms with Gasteiger partial charge >= 0.3 is 0 Å². The quantitative estimate of drug-likeness (QED) is 0.273. The number of aliphatic hydroxyl groups is 1. The van der Waals surface area contributed by atoms with Crippen LogP contribution in [0.5, 0.6) is 0 Å². The minimum absolute atomic E-state index is 0.0789. The first-order valence-electron chi connectivity index (χ1n) is 9.80. The maximum atomic E-state index is 11.8. The lowest BCUT2D eigenvalue weighted by molar-refractivity contribution is 0.100. The van der Waals surface area contributed by atoms with Gasteiger partial charge in [-0.1, -0.05) is 18.9 Å². The van der Waals surface area contributed by atoms with Gasteiger partial charge in [0.2, 0.25) is 5.95 Å². The Hall–Kier alpha value is -3.53. The Bertz CT molecular complexity index is 917. The number of carbonyl (C=O) groups excluding carboxylic acids is 1. The maximum absolute atomic E-state index is 11.8. The molecule has 7 N–H and O–H groups in total. The van der Waals surface area contributed by atoms with Crippen molar-refractivity contribution in [3.05, 3.63) is 36.0 Å². The summed E-state index contributed by atoms with van der Waals surface area (Å²) in [4.78, 5) is 20.5. The van der Waals surface area contributed by atoms with Crippen molar-refractivity contribution in [2.75, 3.05) is 22.7 Å². The van der Waals surface area contributed by atoms with Gasteiger partial charge in [0.15, 0.2) is 0 Å². The number of hydrazone groups is 1. The van der Waals surface area contributed by atoms with Crippen molar-refractivity contribution in [1.82, 2.24) is 9.97 Å². The molecule has 1 heterocycles. The lowest BCUT2D eigenvalue weighted by Gasteiger charge is -2.30. The topological polar surface area (TPSA) is 161 Å². The highest BCUT2D eigenvalue weighted by Crippen LogP contribution is 2.27. The van der Waals surface area contributed by atoms with E-state index < -0.39 is 5.91 Å². The lowest BCUT2D eigenvalue weighted by Crippen LogP contribution is -2.35. The minimum atomic E-state index is -0.639. The van der Waals surface area contributed by atoms with Crippen molar-refractivity contribution >= 4 is 41.5 Å². The minimum Gasteiger partial charge on any atom is -0.396 e. The summed E-state index contributed by atoms with van der Waals surface area (Å²) in [7, 11) is 0. The van der Waals surface area contributed by atoms with Crippen LogP contribution in [0.25, 0.3) is 0 Å². The molecule has 0 spiro atoms. The number of amides is 1. The zero-order chi connectivity index (χ0) is 21.3. The highest BCUT2D eigenvalue weighted by atomic mass is 16.3. The molecule has 1 aliphatic carbocycles. The predicted molar refractivity (Wildman–Crippen MR) is 118 cm³/mol. The van der Waals surface area contributed by atoms with E-state index in [1.807, 2.05) is 18.2 Å². The van der Waals surface area contributed by atoms with Crippen LogP contribution in [0.2, 0.25) is 0 Å². The van der Waals surface area contributed by atoms with Gasteiger partial charge in [0, 0.05) is 36.7 Å². The Labute approximate surface area is 174 Å². The molecule has 0 radical (unpaired) electrons. The Morgan fingerprint density at radius 3 is 2.90 bits per heavy atom. The Morgan fingerprint density at radius 1 is 1.33 bits per heavy atom. The molecule has 1 fully saturated rings. The van der Waals surface area contributed by atoms with E-state index >= 15 is 0 Å². The molecule has 1 aromatic carbocycles. The van der Waals surface area contributed by atoms with Crippen molar-refractivity contribution < 1.29 is 9.90 Å². The molecule has 0 unspecified atom stereocenters. The van der Waals surface area contributed by atoms with E-state index in [0.717, 1.165) is 31.9 Å². The zero-order valence-electron chi connectivity index (χ0n) is 16.5. The summed E-state index contributed by atoms with van der Waals surface area (Å²) < 4.78 is 0. The number of primary amides is 1. The number of aromatic nitrogens is 2. The fourth-order valence-electron chi connectivity index (χ4n) is 3.46. The number of hydrogen-bond donors (Lipinski definition) is 6. The molecule has 0 saturated heterocycles. The molecule has 30 heavy (non-hydrogen) atoms. The molecule has 1 aromatic heterocycles. The van der Waals surface area contributed by atoms with Crippen LogP contribution in [-0.4, -0.2) is 46.1 Å². The van der Waals surface area contributed by atoms with Crippen molar-refractivity contribution in [3.63, 3.8) is 0 Å². The molecule has 2 aromatic rings. The number of nitrogens with two attached hydrogens (primary N) is 1. The highest BCUT2D eigenvalue weighted by molar-refractivity contribution is 6.14. The fourth-order valence-corrected chi connectivity index (χ4v) is 3.46. The van der Waals surface area contributed by atoms with Gasteiger partial charge in [-0.25, -0.2) is 4.98 Å². The van der Waals surface area contributed by atoms with Gasteiger partial charge in [-0.3, -0.25) is 10.2 Å². The van der Waals surface area contributed by atoms with Gasteiger partial charge in [0.05, 0.1) is 11.9 Å².